The van der Waals surface area contributed by atoms with E-state index in [0.717, 1.165) is 19.5 Å². The number of hydrogen-bond acceptors (Lipinski definition) is 12. The summed E-state index contributed by atoms with van der Waals surface area (Å²) >= 11 is 1.21. The number of pyridine rings is 1. The molecule has 2 N–H and O–H groups in total. The summed E-state index contributed by atoms with van der Waals surface area (Å²) in [6.45, 7) is 5.64. The van der Waals surface area contributed by atoms with Crippen molar-refractivity contribution in [2.24, 2.45) is 5.16 Å². The van der Waals surface area contributed by atoms with E-state index in [-0.39, 0.29) is 22.5 Å². The molecule has 14 heteroatoms. The lowest BCUT2D eigenvalue weighted by atomic mass is 10.1. The first-order chi connectivity index (χ1) is 19.9. The highest BCUT2D eigenvalue weighted by Crippen LogP contribution is 2.27. The lowest BCUT2D eigenvalue weighted by Crippen LogP contribution is -2.25. The van der Waals surface area contributed by atoms with E-state index in [2.05, 4.69) is 32.7 Å². The van der Waals surface area contributed by atoms with Gasteiger partial charge in [0, 0.05) is 31.8 Å². The van der Waals surface area contributed by atoms with Crippen LogP contribution in [0.1, 0.15) is 31.7 Å². The zero-order valence-electron chi connectivity index (χ0n) is 23.1. The molecule has 0 aliphatic carbocycles. The van der Waals surface area contributed by atoms with Gasteiger partial charge in [-0.1, -0.05) is 35.5 Å². The van der Waals surface area contributed by atoms with Gasteiger partial charge in [-0.25, -0.2) is 18.4 Å². The predicted molar refractivity (Wildman–Crippen MR) is 157 cm³/mol. The van der Waals surface area contributed by atoms with Gasteiger partial charge in [0.1, 0.15) is 10.3 Å². The molecule has 12 nitrogen and oxygen atoms in total. The average molecular weight is 606 g/mol. The van der Waals surface area contributed by atoms with E-state index < -0.39 is 15.7 Å². The number of ether oxygens (including phenoxy) is 3. The molecule has 1 aliphatic rings. The van der Waals surface area contributed by atoms with Crippen LogP contribution in [0.5, 0.6) is 5.88 Å². The Morgan fingerprint density at radius 2 is 1.98 bits per heavy atom. The molecule has 1 saturated heterocycles. The van der Waals surface area contributed by atoms with Crippen molar-refractivity contribution in [1.29, 1.82) is 0 Å². The fourth-order valence-corrected chi connectivity index (χ4v) is 6.03. The van der Waals surface area contributed by atoms with Crippen molar-refractivity contribution in [3.8, 4) is 5.88 Å². The molecule has 0 spiro atoms. The van der Waals surface area contributed by atoms with Gasteiger partial charge < -0.3 is 24.4 Å². The maximum Gasteiger partial charge on any atom is 0.280 e. The second kappa shape index (κ2) is 15.2. The van der Waals surface area contributed by atoms with Crippen LogP contribution in [0.4, 0.5) is 5.13 Å². The van der Waals surface area contributed by atoms with E-state index in [4.69, 9.17) is 19.0 Å². The van der Waals surface area contributed by atoms with Crippen molar-refractivity contribution in [2.75, 3.05) is 57.7 Å². The third-order valence-corrected chi connectivity index (χ3v) is 8.79. The number of hydrogen-bond donors (Lipinski definition) is 2. The SMILES string of the molecule is CCNCCCOc1ccc2nc(NC(=O)/C(=N/O[C@@H]3CCOC3)c3ccc(S(=O)(=O)CCCOC)cc3)sc2n1. The van der Waals surface area contributed by atoms with Crippen LogP contribution in [-0.2, 0) is 28.9 Å². The summed E-state index contributed by atoms with van der Waals surface area (Å²) in [5.41, 5.74) is 0.994. The second-order valence-electron chi connectivity index (χ2n) is 9.22. The molecule has 4 rings (SSSR count). The number of anilines is 1. The molecule has 1 aromatic carbocycles. The quantitative estimate of drug-likeness (QED) is 0.142. The Balaban J connectivity index is 1.48. The van der Waals surface area contributed by atoms with Crippen LogP contribution in [0, 0.1) is 0 Å². The van der Waals surface area contributed by atoms with Crippen molar-refractivity contribution < 1.29 is 32.3 Å². The zero-order valence-corrected chi connectivity index (χ0v) is 24.8. The molecule has 0 radical (unpaired) electrons. The summed E-state index contributed by atoms with van der Waals surface area (Å²) in [6.07, 6.45) is 1.62. The minimum atomic E-state index is -3.49. The van der Waals surface area contributed by atoms with Gasteiger partial charge in [-0.15, -0.1) is 0 Å². The van der Waals surface area contributed by atoms with Gasteiger partial charge in [0.05, 0.1) is 30.5 Å². The number of amides is 1. The molecule has 2 aromatic heterocycles. The monoisotopic (exact) mass is 605 g/mol. The van der Waals surface area contributed by atoms with Crippen LogP contribution in [0.2, 0.25) is 0 Å². The summed E-state index contributed by atoms with van der Waals surface area (Å²) in [4.78, 5) is 28.7. The Kier molecular flexibility index (Phi) is 11.4. The fraction of sp³-hybridized carbons (Fsp3) is 0.481. The highest BCUT2D eigenvalue weighted by molar-refractivity contribution is 7.91. The lowest BCUT2D eigenvalue weighted by Gasteiger charge is -2.10. The van der Waals surface area contributed by atoms with Crippen LogP contribution in [0.25, 0.3) is 10.3 Å². The number of oxime groups is 1. The van der Waals surface area contributed by atoms with Crippen molar-refractivity contribution in [3.05, 3.63) is 42.0 Å². The summed E-state index contributed by atoms with van der Waals surface area (Å²) in [6, 6.07) is 9.53. The van der Waals surface area contributed by atoms with Crippen molar-refractivity contribution in [1.82, 2.24) is 15.3 Å². The van der Waals surface area contributed by atoms with E-state index in [1.165, 1.54) is 42.7 Å². The molecular weight excluding hydrogens is 570 g/mol. The second-order valence-corrected chi connectivity index (χ2v) is 12.3. The lowest BCUT2D eigenvalue weighted by molar-refractivity contribution is -0.110. The van der Waals surface area contributed by atoms with Crippen LogP contribution in [0.3, 0.4) is 0 Å². The highest BCUT2D eigenvalue weighted by atomic mass is 32.2. The van der Waals surface area contributed by atoms with Gasteiger partial charge in [0.2, 0.25) is 5.88 Å². The number of aromatic nitrogens is 2. The van der Waals surface area contributed by atoms with Gasteiger partial charge in [-0.05, 0) is 44.1 Å². The molecule has 1 fully saturated rings. The summed E-state index contributed by atoms with van der Waals surface area (Å²) in [5.74, 6) is -0.110. The largest absolute Gasteiger partial charge is 0.478 e. The van der Waals surface area contributed by atoms with E-state index in [0.29, 0.717) is 66.2 Å². The first-order valence-electron chi connectivity index (χ1n) is 13.5. The number of nitrogens with zero attached hydrogens (tertiary/aromatic N) is 3. The fourth-order valence-electron chi connectivity index (χ4n) is 3.92. The number of fused-ring (bicyclic) bond motifs is 1. The number of rotatable bonds is 16. The van der Waals surface area contributed by atoms with Gasteiger partial charge >= 0.3 is 0 Å². The standard InChI is InChI=1S/C27H35N5O7S2/c1-3-28-13-4-15-38-23-11-10-22-26(30-23)40-27(29-22)31-25(33)24(32-39-20-12-16-37-18-20)19-6-8-21(9-7-19)41(34,35)17-5-14-36-2/h6-11,20,28H,3-5,12-18H2,1-2H3,(H,29,31,33)/b32-24+/t20-/m1/s1. The molecule has 1 aliphatic heterocycles. The molecule has 1 atom stereocenters. The third-order valence-electron chi connectivity index (χ3n) is 6.09. The van der Waals surface area contributed by atoms with Crippen LogP contribution < -0.4 is 15.4 Å². The van der Waals surface area contributed by atoms with E-state index >= 15 is 0 Å². The van der Waals surface area contributed by atoms with E-state index in [1.54, 1.807) is 12.1 Å². The number of benzene rings is 1. The molecule has 3 heterocycles. The van der Waals surface area contributed by atoms with E-state index in [9.17, 15) is 13.2 Å². The molecule has 3 aromatic rings. The molecular formula is C27H35N5O7S2. The highest BCUT2D eigenvalue weighted by Gasteiger charge is 2.22. The van der Waals surface area contributed by atoms with Gasteiger partial charge in [-0.2, -0.15) is 0 Å². The first kappa shape index (κ1) is 30.8. The smallest absolute Gasteiger partial charge is 0.280 e. The number of methoxy groups -OCH3 is 1. The van der Waals surface area contributed by atoms with Gasteiger partial charge in [0.25, 0.3) is 5.91 Å². The molecule has 41 heavy (non-hydrogen) atoms. The van der Waals surface area contributed by atoms with E-state index in [1.807, 2.05) is 0 Å². The number of carbonyl (C=O) groups excluding carboxylic acids is 1. The average Bonchev–Trinajstić information content (AvgIpc) is 3.63. The molecule has 0 saturated carbocycles. The number of sulfone groups is 1. The molecule has 0 bridgehead atoms. The first-order valence-corrected chi connectivity index (χ1v) is 15.9. The molecule has 222 valence electrons. The normalized spacial score (nSPS) is 15.8. The summed E-state index contributed by atoms with van der Waals surface area (Å²) in [5, 5.41) is 10.5. The minimum absolute atomic E-state index is 0.0165. The van der Waals surface area contributed by atoms with Gasteiger partial charge in [0.15, 0.2) is 26.8 Å². The Hall–Kier alpha value is -3.17. The van der Waals surface area contributed by atoms with Crippen molar-refractivity contribution in [2.45, 2.75) is 37.2 Å². The minimum Gasteiger partial charge on any atom is -0.478 e. The molecule has 0 unspecified atom stereocenters. The number of nitrogens with one attached hydrogen (secondary N) is 2. The maximum absolute atomic E-state index is 13.4. The Morgan fingerprint density at radius 1 is 1.15 bits per heavy atom. The molecule has 1 amide bonds. The number of thiazole rings is 1. The summed E-state index contributed by atoms with van der Waals surface area (Å²) < 4.78 is 41.3. The van der Waals surface area contributed by atoms with Crippen LogP contribution in [-0.4, -0.2) is 88.5 Å². The third kappa shape index (κ3) is 8.91. The Labute approximate surface area is 243 Å². The predicted octanol–water partition coefficient (Wildman–Crippen LogP) is 3.03. The van der Waals surface area contributed by atoms with Crippen LogP contribution in [0.15, 0.2) is 46.4 Å². The summed E-state index contributed by atoms with van der Waals surface area (Å²) in [7, 11) is -1.97. The van der Waals surface area contributed by atoms with Crippen molar-refractivity contribution >= 4 is 48.3 Å². The number of carbonyl (C=O) groups is 1. The topological polar surface area (TPSA) is 150 Å². The Bertz CT molecular complexity index is 1420. The van der Waals surface area contributed by atoms with Gasteiger partial charge in [-0.3, -0.25) is 10.1 Å². The van der Waals surface area contributed by atoms with Crippen molar-refractivity contribution in [3.63, 3.8) is 0 Å². The Morgan fingerprint density at radius 3 is 2.71 bits per heavy atom. The zero-order chi connectivity index (χ0) is 29.1. The maximum atomic E-state index is 13.4. The van der Waals surface area contributed by atoms with Crippen LogP contribution >= 0.6 is 11.3 Å².